The average molecular weight is 513 g/mol. The maximum Gasteiger partial charge on any atom is 0.338 e. The van der Waals surface area contributed by atoms with Gasteiger partial charge in [0.1, 0.15) is 6.04 Å². The van der Waals surface area contributed by atoms with Gasteiger partial charge < -0.3 is 14.2 Å². The van der Waals surface area contributed by atoms with E-state index in [2.05, 4.69) is 4.99 Å². The van der Waals surface area contributed by atoms with E-state index in [0.29, 0.717) is 43.7 Å². The van der Waals surface area contributed by atoms with Crippen LogP contribution in [0.25, 0.3) is 6.08 Å². The number of esters is 1. The third kappa shape index (κ3) is 4.76. The SMILES string of the molecule is CCOC(=O)C1=C(C)N=c2s/c(=C/c3ccc(Cl)cc3)c(=O)n2[C@@H]1c1cccc(OC)c1OCC. The van der Waals surface area contributed by atoms with Gasteiger partial charge in [-0.3, -0.25) is 9.36 Å². The van der Waals surface area contributed by atoms with E-state index in [1.165, 1.54) is 15.9 Å². The number of aromatic nitrogens is 1. The van der Waals surface area contributed by atoms with Crippen LogP contribution >= 0.6 is 22.9 Å². The summed E-state index contributed by atoms with van der Waals surface area (Å²) in [6.07, 6.45) is 1.79. The third-order valence-electron chi connectivity index (χ3n) is 5.50. The largest absolute Gasteiger partial charge is 0.493 e. The second-order valence-electron chi connectivity index (χ2n) is 7.67. The number of carbonyl (C=O) groups is 1. The van der Waals surface area contributed by atoms with E-state index >= 15 is 0 Å². The fourth-order valence-corrected chi connectivity index (χ4v) is 5.18. The molecular formula is C26H25ClN2O5S. The van der Waals surface area contributed by atoms with E-state index < -0.39 is 12.0 Å². The molecule has 2 aromatic carbocycles. The summed E-state index contributed by atoms with van der Waals surface area (Å²) >= 11 is 7.26. The normalized spacial score (nSPS) is 15.5. The van der Waals surface area contributed by atoms with Crippen LogP contribution in [0.1, 0.15) is 37.9 Å². The Morgan fingerprint density at radius 1 is 1.17 bits per heavy atom. The maximum absolute atomic E-state index is 13.7. The van der Waals surface area contributed by atoms with Gasteiger partial charge in [0, 0.05) is 10.6 Å². The number of para-hydroxylation sites is 1. The number of thiazole rings is 1. The molecule has 0 fully saturated rings. The molecule has 3 aromatic rings. The second-order valence-corrected chi connectivity index (χ2v) is 9.11. The number of carbonyl (C=O) groups excluding carboxylic acids is 1. The Labute approximate surface area is 211 Å². The van der Waals surface area contributed by atoms with Gasteiger partial charge in [-0.05, 0) is 50.6 Å². The van der Waals surface area contributed by atoms with Crippen molar-refractivity contribution in [3.05, 3.63) is 89.6 Å². The van der Waals surface area contributed by atoms with Crippen molar-refractivity contribution in [3.8, 4) is 11.5 Å². The highest BCUT2D eigenvalue weighted by molar-refractivity contribution is 7.07. The van der Waals surface area contributed by atoms with Crippen LogP contribution in [0.3, 0.4) is 0 Å². The summed E-state index contributed by atoms with van der Waals surface area (Å²) < 4.78 is 18.8. The van der Waals surface area contributed by atoms with Crippen molar-refractivity contribution < 1.29 is 19.0 Å². The Hall–Kier alpha value is -3.36. The van der Waals surface area contributed by atoms with Gasteiger partial charge in [0.05, 0.1) is 36.1 Å². The van der Waals surface area contributed by atoms with E-state index in [4.69, 9.17) is 25.8 Å². The Morgan fingerprint density at radius 2 is 1.91 bits per heavy atom. The van der Waals surface area contributed by atoms with Gasteiger partial charge in [0.25, 0.3) is 5.56 Å². The van der Waals surface area contributed by atoms with Gasteiger partial charge in [0.2, 0.25) is 0 Å². The van der Waals surface area contributed by atoms with Gasteiger partial charge in [-0.25, -0.2) is 9.79 Å². The number of hydrogen-bond donors (Lipinski definition) is 0. The minimum Gasteiger partial charge on any atom is -0.493 e. The number of allylic oxidation sites excluding steroid dienone is 1. The molecule has 0 aliphatic carbocycles. The Balaban J connectivity index is 2.01. The van der Waals surface area contributed by atoms with Crippen molar-refractivity contribution in [1.82, 2.24) is 4.57 Å². The molecule has 0 N–H and O–H groups in total. The lowest BCUT2D eigenvalue weighted by Gasteiger charge is -2.26. The molecule has 7 nitrogen and oxygen atoms in total. The monoisotopic (exact) mass is 512 g/mol. The number of methoxy groups -OCH3 is 1. The van der Waals surface area contributed by atoms with Crippen LogP contribution in [-0.2, 0) is 9.53 Å². The highest BCUT2D eigenvalue weighted by Crippen LogP contribution is 2.40. The van der Waals surface area contributed by atoms with E-state index in [0.717, 1.165) is 5.56 Å². The van der Waals surface area contributed by atoms with Crippen molar-refractivity contribution in [2.75, 3.05) is 20.3 Å². The predicted molar refractivity (Wildman–Crippen MR) is 136 cm³/mol. The van der Waals surface area contributed by atoms with Crippen LogP contribution in [0.15, 0.2) is 63.5 Å². The van der Waals surface area contributed by atoms with E-state index in [-0.39, 0.29) is 17.7 Å². The standard InChI is InChI=1S/C26H25ClN2O5S/c1-5-33-23-18(8-7-9-19(23)32-4)22-21(25(31)34-6-2)15(3)28-26-29(22)24(30)20(35-26)14-16-10-12-17(27)13-11-16/h7-14,22H,5-6H2,1-4H3/b20-14+/t22-/m1/s1. The van der Waals surface area contributed by atoms with Gasteiger partial charge >= 0.3 is 5.97 Å². The van der Waals surface area contributed by atoms with Crippen LogP contribution in [-0.4, -0.2) is 30.9 Å². The molecule has 1 atom stereocenters. The van der Waals surface area contributed by atoms with Gasteiger partial charge in [-0.1, -0.05) is 47.2 Å². The molecular weight excluding hydrogens is 488 g/mol. The Kier molecular flexibility index (Phi) is 7.42. The van der Waals surface area contributed by atoms with Crippen LogP contribution in [0, 0.1) is 0 Å². The molecule has 0 amide bonds. The summed E-state index contributed by atoms with van der Waals surface area (Å²) in [6.45, 7) is 5.92. The molecule has 0 radical (unpaired) electrons. The lowest BCUT2D eigenvalue weighted by molar-refractivity contribution is -0.139. The van der Waals surface area contributed by atoms with Crippen LogP contribution in [0.5, 0.6) is 11.5 Å². The lowest BCUT2D eigenvalue weighted by atomic mass is 9.94. The number of fused-ring (bicyclic) bond motifs is 1. The summed E-state index contributed by atoms with van der Waals surface area (Å²) in [5.74, 6) is 0.438. The van der Waals surface area contributed by atoms with E-state index in [9.17, 15) is 9.59 Å². The summed E-state index contributed by atoms with van der Waals surface area (Å²) in [5, 5.41) is 0.611. The summed E-state index contributed by atoms with van der Waals surface area (Å²) in [4.78, 5) is 31.9. The van der Waals surface area contributed by atoms with Crippen LogP contribution in [0.2, 0.25) is 5.02 Å². The quantitative estimate of drug-likeness (QED) is 0.449. The lowest BCUT2D eigenvalue weighted by Crippen LogP contribution is -2.40. The number of halogens is 1. The number of ether oxygens (including phenoxy) is 3. The van der Waals surface area contributed by atoms with E-state index in [1.807, 2.05) is 25.1 Å². The highest BCUT2D eigenvalue weighted by atomic mass is 35.5. The zero-order valence-corrected chi connectivity index (χ0v) is 21.4. The molecule has 0 unspecified atom stereocenters. The summed E-state index contributed by atoms with van der Waals surface area (Å²) in [5.41, 5.74) is 1.94. The molecule has 0 saturated heterocycles. The molecule has 0 bridgehead atoms. The average Bonchev–Trinajstić information content (AvgIpc) is 3.14. The highest BCUT2D eigenvalue weighted by Gasteiger charge is 2.35. The summed E-state index contributed by atoms with van der Waals surface area (Å²) in [6, 6.07) is 11.8. The first-order valence-corrected chi connectivity index (χ1v) is 12.3. The molecule has 35 heavy (non-hydrogen) atoms. The molecule has 2 heterocycles. The number of nitrogens with zero attached hydrogens (tertiary/aromatic N) is 2. The number of rotatable bonds is 7. The first-order chi connectivity index (χ1) is 16.9. The van der Waals surface area contributed by atoms with Crippen LogP contribution in [0.4, 0.5) is 0 Å². The Bertz CT molecular complexity index is 1470. The molecule has 182 valence electrons. The zero-order valence-electron chi connectivity index (χ0n) is 19.8. The van der Waals surface area contributed by atoms with Crippen molar-refractivity contribution in [3.63, 3.8) is 0 Å². The van der Waals surface area contributed by atoms with Crippen molar-refractivity contribution in [2.45, 2.75) is 26.8 Å². The Morgan fingerprint density at radius 3 is 2.57 bits per heavy atom. The minimum absolute atomic E-state index is 0.194. The molecule has 4 rings (SSSR count). The maximum atomic E-state index is 13.7. The predicted octanol–water partition coefficient (Wildman–Crippen LogP) is 3.86. The van der Waals surface area contributed by atoms with Crippen molar-refractivity contribution in [1.29, 1.82) is 0 Å². The first-order valence-electron chi connectivity index (χ1n) is 11.1. The second kappa shape index (κ2) is 10.5. The molecule has 1 aromatic heterocycles. The van der Waals surface area contributed by atoms with Gasteiger partial charge in [-0.2, -0.15) is 0 Å². The topological polar surface area (TPSA) is 79.1 Å². The fourth-order valence-electron chi connectivity index (χ4n) is 4.00. The number of benzene rings is 2. The number of hydrogen-bond acceptors (Lipinski definition) is 7. The molecule has 0 spiro atoms. The van der Waals surface area contributed by atoms with Gasteiger partial charge in [0.15, 0.2) is 16.3 Å². The van der Waals surface area contributed by atoms with E-state index in [1.54, 1.807) is 51.3 Å². The van der Waals surface area contributed by atoms with Crippen molar-refractivity contribution >= 4 is 35.0 Å². The first kappa shape index (κ1) is 24.8. The molecule has 0 saturated carbocycles. The third-order valence-corrected chi connectivity index (χ3v) is 6.73. The molecule has 1 aliphatic heterocycles. The van der Waals surface area contributed by atoms with Crippen molar-refractivity contribution in [2.24, 2.45) is 4.99 Å². The fraction of sp³-hybridized carbons (Fsp3) is 0.269. The van der Waals surface area contributed by atoms with Gasteiger partial charge in [-0.15, -0.1) is 0 Å². The van der Waals surface area contributed by atoms with Crippen LogP contribution < -0.4 is 24.4 Å². The minimum atomic E-state index is -0.797. The molecule has 9 heteroatoms. The summed E-state index contributed by atoms with van der Waals surface area (Å²) in [7, 11) is 1.55. The zero-order chi connectivity index (χ0) is 25.1. The smallest absolute Gasteiger partial charge is 0.338 e. The molecule has 1 aliphatic rings.